The van der Waals surface area contributed by atoms with E-state index < -0.39 is 11.2 Å². The first-order valence-electron chi connectivity index (χ1n) is 16.5. The maximum absolute atomic E-state index is 13.4. The molecule has 2 atom stereocenters. The summed E-state index contributed by atoms with van der Waals surface area (Å²) in [6.45, 7) is 3.07. The molecule has 7 aromatic rings. The van der Waals surface area contributed by atoms with Crippen molar-refractivity contribution in [2.24, 2.45) is 0 Å². The van der Waals surface area contributed by atoms with Crippen molar-refractivity contribution in [1.82, 2.24) is 4.90 Å². The number of hydrogen-bond donors (Lipinski definition) is 3. The van der Waals surface area contributed by atoms with Gasteiger partial charge in [-0.15, -0.1) is 0 Å². The van der Waals surface area contributed by atoms with Crippen molar-refractivity contribution >= 4 is 21.5 Å². The highest BCUT2D eigenvalue weighted by atomic mass is 16.3. The summed E-state index contributed by atoms with van der Waals surface area (Å²) in [4.78, 5) is 2.19. The number of phenols is 1. The zero-order chi connectivity index (χ0) is 32.9. The predicted octanol–water partition coefficient (Wildman–Crippen LogP) is 8.41. The van der Waals surface area contributed by atoms with E-state index >= 15 is 0 Å². The van der Waals surface area contributed by atoms with Crippen LogP contribution in [-0.4, -0.2) is 32.8 Å². The zero-order valence-electron chi connectivity index (χ0n) is 26.8. The third kappa shape index (κ3) is 4.89. The molecule has 1 heterocycles. The summed E-state index contributed by atoms with van der Waals surface area (Å²) in [5.74, 6) is 0.0533. The lowest BCUT2D eigenvalue weighted by atomic mass is 9.75. The van der Waals surface area contributed by atoms with Crippen molar-refractivity contribution in [2.75, 3.05) is 6.54 Å². The maximum atomic E-state index is 13.4. The number of aromatic hydroxyl groups is 1. The van der Waals surface area contributed by atoms with Crippen LogP contribution < -0.4 is 0 Å². The van der Waals surface area contributed by atoms with Gasteiger partial charge in [0.05, 0.1) is 6.04 Å². The van der Waals surface area contributed by atoms with E-state index in [1.807, 2.05) is 165 Å². The van der Waals surface area contributed by atoms with E-state index in [4.69, 9.17) is 0 Å². The average Bonchev–Trinajstić information content (AvgIpc) is 3.92. The molecule has 1 aliphatic rings. The minimum absolute atomic E-state index is 0.0533. The average molecular weight is 628 g/mol. The summed E-state index contributed by atoms with van der Waals surface area (Å²) in [7, 11) is 0. The molecule has 1 unspecified atom stereocenters. The van der Waals surface area contributed by atoms with Crippen molar-refractivity contribution in [1.29, 1.82) is 0 Å². The largest absolute Gasteiger partial charge is 0.507 e. The lowest BCUT2D eigenvalue weighted by molar-refractivity contribution is 0.0636. The molecule has 0 spiro atoms. The summed E-state index contributed by atoms with van der Waals surface area (Å²) in [6.07, 6.45) is 0. The standard InChI is InChI=1S/C44H37NO3/c1-30-26-33(28-45-29-41(45)43(47,34-18-4-2-5-19-34)35-20-6-3-7-21-35)42(46)40(27-30)44(48,38-24-12-16-31-14-8-10-22-36(31)38)39-25-13-17-32-15-9-11-23-37(32)39/h2-27,41,46-48H,28-29H2,1H3/t41-,45?/m0/s1. The fraction of sp³-hybridized carbons (Fsp3) is 0.136. The number of rotatable bonds is 8. The van der Waals surface area contributed by atoms with Crippen molar-refractivity contribution in [3.8, 4) is 5.75 Å². The van der Waals surface area contributed by atoms with Crippen LogP contribution in [0.3, 0.4) is 0 Å². The fourth-order valence-corrected chi connectivity index (χ4v) is 7.67. The van der Waals surface area contributed by atoms with Gasteiger partial charge in [-0.2, -0.15) is 0 Å². The molecule has 0 radical (unpaired) electrons. The summed E-state index contributed by atoms with van der Waals surface area (Å²) >= 11 is 0. The van der Waals surface area contributed by atoms with Crippen LogP contribution in [0.1, 0.15) is 38.9 Å². The zero-order valence-corrected chi connectivity index (χ0v) is 26.8. The van der Waals surface area contributed by atoms with Gasteiger partial charge in [-0.05, 0) is 45.7 Å². The molecule has 4 heteroatoms. The van der Waals surface area contributed by atoms with Crippen LogP contribution in [0.5, 0.6) is 5.75 Å². The minimum atomic E-state index is -1.68. The van der Waals surface area contributed by atoms with Gasteiger partial charge in [0.2, 0.25) is 0 Å². The lowest BCUT2D eigenvalue weighted by Gasteiger charge is -2.34. The topological polar surface area (TPSA) is 63.7 Å². The molecule has 1 aliphatic heterocycles. The van der Waals surface area contributed by atoms with Gasteiger partial charge >= 0.3 is 0 Å². The summed E-state index contributed by atoms with van der Waals surface area (Å²) in [5.41, 5.74) is 2.23. The molecule has 0 bridgehead atoms. The van der Waals surface area contributed by atoms with Crippen molar-refractivity contribution in [2.45, 2.75) is 30.7 Å². The second kappa shape index (κ2) is 11.8. The lowest BCUT2D eigenvalue weighted by Crippen LogP contribution is -2.36. The molecule has 0 amide bonds. The highest BCUT2D eigenvalue weighted by molar-refractivity contribution is 5.92. The first kappa shape index (κ1) is 30.1. The molecule has 4 nitrogen and oxygen atoms in total. The second-order valence-electron chi connectivity index (χ2n) is 13.0. The molecule has 7 aromatic carbocycles. The number of nitrogens with zero attached hydrogens (tertiary/aromatic N) is 1. The Kier molecular flexibility index (Phi) is 7.38. The van der Waals surface area contributed by atoms with Gasteiger partial charge in [0.15, 0.2) is 0 Å². The van der Waals surface area contributed by atoms with Gasteiger partial charge in [-0.3, -0.25) is 4.90 Å². The maximum Gasteiger partial charge on any atom is 0.145 e. The molecule has 0 aromatic heterocycles. The first-order chi connectivity index (χ1) is 23.4. The number of hydrogen-bond acceptors (Lipinski definition) is 4. The molecule has 8 rings (SSSR count). The van der Waals surface area contributed by atoms with Crippen LogP contribution in [0, 0.1) is 6.92 Å². The number of aliphatic hydroxyl groups is 2. The SMILES string of the molecule is Cc1cc(CN2C[C@H]2C(O)(c2ccccc2)c2ccccc2)c(O)c(C(O)(c2cccc3ccccc23)c2cccc3ccccc23)c1. The molecule has 3 N–H and O–H groups in total. The number of fused-ring (bicyclic) bond motifs is 2. The quantitative estimate of drug-likeness (QED) is 0.117. The van der Waals surface area contributed by atoms with E-state index in [9.17, 15) is 15.3 Å². The Bertz CT molecular complexity index is 2130. The third-order valence-corrected chi connectivity index (χ3v) is 10.1. The van der Waals surface area contributed by atoms with E-state index in [1.165, 1.54) is 0 Å². The van der Waals surface area contributed by atoms with Crippen LogP contribution in [0.25, 0.3) is 21.5 Å². The number of phenolic OH excluding ortho intramolecular Hbond substituents is 1. The fourth-order valence-electron chi connectivity index (χ4n) is 7.67. The van der Waals surface area contributed by atoms with Gasteiger partial charge in [0.25, 0.3) is 0 Å². The molecule has 0 saturated carbocycles. The molecule has 1 saturated heterocycles. The van der Waals surface area contributed by atoms with Crippen molar-refractivity contribution in [3.05, 3.63) is 197 Å². The Morgan fingerprint density at radius 3 is 1.60 bits per heavy atom. The van der Waals surface area contributed by atoms with Gasteiger partial charge in [-0.25, -0.2) is 0 Å². The second-order valence-corrected chi connectivity index (χ2v) is 13.0. The van der Waals surface area contributed by atoms with Gasteiger partial charge < -0.3 is 15.3 Å². The van der Waals surface area contributed by atoms with E-state index in [0.29, 0.717) is 35.3 Å². The van der Waals surface area contributed by atoms with Crippen LogP contribution in [-0.2, 0) is 17.7 Å². The van der Waals surface area contributed by atoms with Crippen LogP contribution >= 0.6 is 0 Å². The summed E-state index contributed by atoms with van der Waals surface area (Å²) in [5, 5.41) is 41.9. The molecular weight excluding hydrogens is 590 g/mol. The van der Waals surface area contributed by atoms with E-state index in [0.717, 1.165) is 38.2 Å². The molecule has 48 heavy (non-hydrogen) atoms. The van der Waals surface area contributed by atoms with Gasteiger partial charge in [0.1, 0.15) is 17.0 Å². The number of aryl methyl sites for hydroxylation is 1. The predicted molar refractivity (Wildman–Crippen MR) is 193 cm³/mol. The van der Waals surface area contributed by atoms with Crippen LogP contribution in [0.2, 0.25) is 0 Å². The Morgan fingerprint density at radius 2 is 1.06 bits per heavy atom. The molecule has 1 fully saturated rings. The van der Waals surface area contributed by atoms with Gasteiger partial charge in [-0.1, -0.05) is 157 Å². The van der Waals surface area contributed by atoms with Crippen molar-refractivity contribution < 1.29 is 15.3 Å². The van der Waals surface area contributed by atoms with E-state index in [-0.39, 0.29) is 11.8 Å². The van der Waals surface area contributed by atoms with Crippen molar-refractivity contribution in [3.63, 3.8) is 0 Å². The summed E-state index contributed by atoms with van der Waals surface area (Å²) in [6, 6.07) is 51.4. The molecule has 0 aliphatic carbocycles. The molecular formula is C44H37NO3. The Morgan fingerprint density at radius 1 is 0.583 bits per heavy atom. The monoisotopic (exact) mass is 627 g/mol. The highest BCUT2D eigenvalue weighted by Gasteiger charge is 2.52. The Balaban J connectivity index is 1.27. The van der Waals surface area contributed by atoms with Crippen LogP contribution in [0.4, 0.5) is 0 Å². The normalized spacial score (nSPS) is 16.3. The smallest absolute Gasteiger partial charge is 0.145 e. The van der Waals surface area contributed by atoms with Crippen LogP contribution in [0.15, 0.2) is 158 Å². The Labute approximate surface area is 280 Å². The minimum Gasteiger partial charge on any atom is -0.507 e. The first-order valence-corrected chi connectivity index (χ1v) is 16.5. The van der Waals surface area contributed by atoms with Gasteiger partial charge in [0, 0.05) is 35.3 Å². The van der Waals surface area contributed by atoms with E-state index in [1.54, 1.807) is 0 Å². The van der Waals surface area contributed by atoms with E-state index in [2.05, 4.69) is 4.90 Å². The molecule has 236 valence electrons. The summed E-state index contributed by atoms with van der Waals surface area (Å²) < 4.78 is 0. The number of benzene rings is 7. The third-order valence-electron chi connectivity index (χ3n) is 10.1. The Hall–Kier alpha value is -5.26. The highest BCUT2D eigenvalue weighted by Crippen LogP contribution is 2.48.